The third kappa shape index (κ3) is 2.33. The van der Waals surface area contributed by atoms with E-state index in [-0.39, 0.29) is 12.5 Å². The third-order valence-corrected chi connectivity index (χ3v) is 2.47. The van der Waals surface area contributed by atoms with Crippen LogP contribution in [0.5, 0.6) is 0 Å². The Hall–Kier alpha value is -1.42. The zero-order valence-electron chi connectivity index (χ0n) is 8.47. The molecule has 1 aliphatic rings. The van der Waals surface area contributed by atoms with Crippen LogP contribution in [0.3, 0.4) is 0 Å². The van der Waals surface area contributed by atoms with E-state index in [0.29, 0.717) is 18.3 Å². The number of hydrogen-bond acceptors (Lipinski definition) is 3. The first kappa shape index (κ1) is 10.1. The molecule has 2 rings (SSSR count). The summed E-state index contributed by atoms with van der Waals surface area (Å²) in [5.74, 6) is -0.0767. The van der Waals surface area contributed by atoms with Gasteiger partial charge in [0.25, 0.3) is 5.91 Å². The van der Waals surface area contributed by atoms with Crippen LogP contribution >= 0.6 is 0 Å². The van der Waals surface area contributed by atoms with Crippen LogP contribution in [-0.2, 0) is 0 Å². The summed E-state index contributed by atoms with van der Waals surface area (Å²) in [5.41, 5.74) is 0.456. The van der Waals surface area contributed by atoms with Gasteiger partial charge in [-0.1, -0.05) is 6.07 Å². The van der Waals surface area contributed by atoms with Gasteiger partial charge >= 0.3 is 0 Å². The number of pyridine rings is 1. The van der Waals surface area contributed by atoms with E-state index in [2.05, 4.69) is 4.98 Å². The van der Waals surface area contributed by atoms with Gasteiger partial charge in [-0.2, -0.15) is 0 Å². The number of carbonyl (C=O) groups is 1. The number of aliphatic hydroxyl groups excluding tert-OH is 1. The monoisotopic (exact) mass is 206 g/mol. The van der Waals surface area contributed by atoms with Gasteiger partial charge < -0.3 is 10.0 Å². The van der Waals surface area contributed by atoms with Gasteiger partial charge in [-0.15, -0.1) is 0 Å². The molecule has 1 aromatic heterocycles. The van der Waals surface area contributed by atoms with Crippen LogP contribution in [0, 0.1) is 0 Å². The van der Waals surface area contributed by atoms with Crippen molar-refractivity contribution < 1.29 is 9.90 Å². The highest BCUT2D eigenvalue weighted by atomic mass is 16.3. The normalized spacial score (nSPS) is 15.0. The van der Waals surface area contributed by atoms with Gasteiger partial charge in [0.2, 0.25) is 0 Å². The Kier molecular flexibility index (Phi) is 2.97. The van der Waals surface area contributed by atoms with Crippen LogP contribution in [0.15, 0.2) is 24.4 Å². The minimum absolute atomic E-state index is 0.00900. The van der Waals surface area contributed by atoms with Crippen molar-refractivity contribution in [1.29, 1.82) is 0 Å². The summed E-state index contributed by atoms with van der Waals surface area (Å²) in [6, 6.07) is 5.59. The predicted molar refractivity (Wildman–Crippen MR) is 55.4 cm³/mol. The fraction of sp³-hybridized carbons (Fsp3) is 0.455. The van der Waals surface area contributed by atoms with Crippen molar-refractivity contribution in [2.75, 3.05) is 13.2 Å². The van der Waals surface area contributed by atoms with Gasteiger partial charge in [-0.25, -0.2) is 0 Å². The summed E-state index contributed by atoms with van der Waals surface area (Å²) in [5, 5.41) is 8.89. The minimum Gasteiger partial charge on any atom is -0.395 e. The van der Waals surface area contributed by atoms with Crippen LogP contribution in [0.25, 0.3) is 0 Å². The van der Waals surface area contributed by atoms with E-state index in [1.54, 1.807) is 29.3 Å². The average molecular weight is 206 g/mol. The molecule has 80 valence electrons. The SMILES string of the molecule is O=C(c1ccccn1)N(CCO)C1CC1. The van der Waals surface area contributed by atoms with E-state index in [9.17, 15) is 4.79 Å². The van der Waals surface area contributed by atoms with Crippen LogP contribution in [0.1, 0.15) is 23.3 Å². The summed E-state index contributed by atoms with van der Waals surface area (Å²) in [4.78, 5) is 17.7. The Morgan fingerprint density at radius 2 is 2.33 bits per heavy atom. The molecule has 0 unspecified atom stereocenters. The number of amides is 1. The molecule has 0 atom stereocenters. The fourth-order valence-electron chi connectivity index (χ4n) is 1.58. The maximum Gasteiger partial charge on any atom is 0.272 e. The van der Waals surface area contributed by atoms with E-state index in [4.69, 9.17) is 5.11 Å². The minimum atomic E-state index is -0.0767. The second-order valence-corrected chi connectivity index (χ2v) is 3.67. The molecule has 1 aromatic rings. The first-order chi connectivity index (χ1) is 7.33. The first-order valence-corrected chi connectivity index (χ1v) is 5.16. The number of aliphatic hydroxyl groups is 1. The second-order valence-electron chi connectivity index (χ2n) is 3.67. The lowest BCUT2D eigenvalue weighted by Gasteiger charge is -2.20. The Morgan fingerprint density at radius 1 is 1.53 bits per heavy atom. The number of nitrogens with zero attached hydrogens (tertiary/aromatic N) is 2. The van der Waals surface area contributed by atoms with Gasteiger partial charge in [-0.05, 0) is 25.0 Å². The van der Waals surface area contributed by atoms with Crippen molar-refractivity contribution in [2.24, 2.45) is 0 Å². The average Bonchev–Trinajstić information content (AvgIpc) is 3.10. The van der Waals surface area contributed by atoms with Crippen molar-refractivity contribution in [3.05, 3.63) is 30.1 Å². The first-order valence-electron chi connectivity index (χ1n) is 5.16. The third-order valence-electron chi connectivity index (χ3n) is 2.47. The quantitative estimate of drug-likeness (QED) is 0.788. The molecule has 4 heteroatoms. The highest BCUT2D eigenvalue weighted by Crippen LogP contribution is 2.27. The number of rotatable bonds is 4. The molecule has 1 fully saturated rings. The number of hydrogen-bond donors (Lipinski definition) is 1. The van der Waals surface area contributed by atoms with Crippen molar-refractivity contribution in [1.82, 2.24) is 9.88 Å². The molecule has 1 aliphatic carbocycles. The zero-order valence-corrected chi connectivity index (χ0v) is 8.47. The summed E-state index contributed by atoms with van der Waals surface area (Å²) in [6.45, 7) is 0.412. The Bertz CT molecular complexity index is 336. The molecule has 1 heterocycles. The van der Waals surface area contributed by atoms with Crippen molar-refractivity contribution in [2.45, 2.75) is 18.9 Å². The zero-order chi connectivity index (χ0) is 10.7. The highest BCUT2D eigenvalue weighted by molar-refractivity contribution is 5.92. The molecule has 1 N–H and O–H groups in total. The van der Waals surface area contributed by atoms with E-state index in [1.807, 2.05) is 0 Å². The van der Waals surface area contributed by atoms with Gasteiger partial charge in [0.15, 0.2) is 0 Å². The van der Waals surface area contributed by atoms with Gasteiger partial charge in [0.1, 0.15) is 5.69 Å². The van der Waals surface area contributed by atoms with Crippen LogP contribution < -0.4 is 0 Å². The molecule has 0 spiro atoms. The molecular weight excluding hydrogens is 192 g/mol. The molecule has 0 radical (unpaired) electrons. The van der Waals surface area contributed by atoms with Gasteiger partial charge in [-0.3, -0.25) is 9.78 Å². The maximum atomic E-state index is 12.0. The van der Waals surface area contributed by atoms with Gasteiger partial charge in [0, 0.05) is 18.8 Å². The van der Waals surface area contributed by atoms with Crippen LogP contribution in [0.4, 0.5) is 0 Å². The molecule has 0 bridgehead atoms. The second kappa shape index (κ2) is 4.40. The summed E-state index contributed by atoms with van der Waals surface area (Å²) >= 11 is 0. The summed E-state index contributed by atoms with van der Waals surface area (Å²) < 4.78 is 0. The summed E-state index contributed by atoms with van der Waals surface area (Å²) in [7, 11) is 0. The lowest BCUT2D eigenvalue weighted by atomic mass is 10.3. The van der Waals surface area contributed by atoms with Crippen molar-refractivity contribution in [3.8, 4) is 0 Å². The molecule has 1 amide bonds. The molecule has 0 aromatic carbocycles. The molecule has 15 heavy (non-hydrogen) atoms. The lowest BCUT2D eigenvalue weighted by molar-refractivity contribution is 0.0701. The lowest BCUT2D eigenvalue weighted by Crippen LogP contribution is -2.35. The summed E-state index contributed by atoms with van der Waals surface area (Å²) in [6.07, 6.45) is 3.69. The molecule has 0 saturated heterocycles. The van der Waals surface area contributed by atoms with E-state index >= 15 is 0 Å². The van der Waals surface area contributed by atoms with Crippen LogP contribution in [0.2, 0.25) is 0 Å². The van der Waals surface area contributed by atoms with Crippen molar-refractivity contribution in [3.63, 3.8) is 0 Å². The maximum absolute atomic E-state index is 12.0. The Morgan fingerprint density at radius 3 is 2.87 bits per heavy atom. The smallest absolute Gasteiger partial charge is 0.272 e. The Balaban J connectivity index is 2.10. The molecule has 1 saturated carbocycles. The van der Waals surface area contributed by atoms with Crippen LogP contribution in [-0.4, -0.2) is 40.1 Å². The largest absolute Gasteiger partial charge is 0.395 e. The molecular formula is C11H14N2O2. The number of aromatic nitrogens is 1. The van der Waals surface area contributed by atoms with E-state index in [1.165, 1.54) is 0 Å². The van der Waals surface area contributed by atoms with Gasteiger partial charge in [0.05, 0.1) is 6.61 Å². The molecule has 0 aliphatic heterocycles. The standard InChI is InChI=1S/C11H14N2O2/c14-8-7-13(9-4-5-9)11(15)10-3-1-2-6-12-10/h1-3,6,9,14H,4-5,7-8H2. The van der Waals surface area contributed by atoms with Crippen molar-refractivity contribution >= 4 is 5.91 Å². The predicted octanol–water partition coefficient (Wildman–Crippen LogP) is 0.678. The highest BCUT2D eigenvalue weighted by Gasteiger charge is 2.32. The topological polar surface area (TPSA) is 53.4 Å². The fourth-order valence-corrected chi connectivity index (χ4v) is 1.58. The van der Waals surface area contributed by atoms with E-state index < -0.39 is 0 Å². The van der Waals surface area contributed by atoms with E-state index in [0.717, 1.165) is 12.8 Å². The number of carbonyl (C=O) groups excluding carboxylic acids is 1. The Labute approximate surface area is 88.6 Å². The molecule has 4 nitrogen and oxygen atoms in total.